The predicted molar refractivity (Wildman–Crippen MR) is 63.2 cm³/mol. The fraction of sp³-hybridized carbons (Fsp3) is 0.692. The third-order valence-electron chi connectivity index (χ3n) is 3.66. The second-order valence-corrected chi connectivity index (χ2v) is 5.15. The molecule has 2 heterocycles. The van der Waals surface area contributed by atoms with Gasteiger partial charge in [0.2, 0.25) is 0 Å². The summed E-state index contributed by atoms with van der Waals surface area (Å²) in [6, 6.07) is 4.88. The summed E-state index contributed by atoms with van der Waals surface area (Å²) in [5, 5.41) is 3.63. The highest BCUT2D eigenvalue weighted by molar-refractivity contribution is 5.06. The summed E-state index contributed by atoms with van der Waals surface area (Å²) in [4.78, 5) is 2.51. The third kappa shape index (κ3) is 2.30. The van der Waals surface area contributed by atoms with Crippen LogP contribution in [0.5, 0.6) is 0 Å². The van der Waals surface area contributed by atoms with Gasteiger partial charge in [-0.25, -0.2) is 0 Å². The molecule has 1 aromatic rings. The van der Waals surface area contributed by atoms with Gasteiger partial charge in [0.15, 0.2) is 0 Å². The Bertz CT molecular complexity index is 357. The molecule has 1 unspecified atom stereocenters. The lowest BCUT2D eigenvalue weighted by atomic mass is 10.1. The van der Waals surface area contributed by atoms with Gasteiger partial charge in [0, 0.05) is 25.7 Å². The van der Waals surface area contributed by atoms with E-state index in [-0.39, 0.29) is 0 Å². The molecule has 3 rings (SSSR count). The number of aryl methyl sites for hydroxylation is 1. The molecule has 0 amide bonds. The van der Waals surface area contributed by atoms with Gasteiger partial charge in [0.1, 0.15) is 11.5 Å². The Morgan fingerprint density at radius 2 is 2.31 bits per heavy atom. The average molecular weight is 220 g/mol. The highest BCUT2D eigenvalue weighted by Crippen LogP contribution is 2.33. The quantitative estimate of drug-likeness (QED) is 0.841. The zero-order valence-electron chi connectivity index (χ0n) is 9.91. The molecule has 1 saturated heterocycles. The molecule has 3 heteroatoms. The van der Waals surface area contributed by atoms with Crippen molar-refractivity contribution in [2.75, 3.05) is 19.6 Å². The fourth-order valence-corrected chi connectivity index (χ4v) is 2.59. The lowest BCUT2D eigenvalue weighted by Crippen LogP contribution is -2.51. The molecular weight excluding hydrogens is 200 g/mol. The van der Waals surface area contributed by atoms with E-state index in [4.69, 9.17) is 4.42 Å². The average Bonchev–Trinajstić information content (AvgIpc) is 3.05. The highest BCUT2D eigenvalue weighted by Gasteiger charge is 2.33. The maximum absolute atomic E-state index is 5.64. The van der Waals surface area contributed by atoms with Crippen LogP contribution in [0.2, 0.25) is 0 Å². The first kappa shape index (κ1) is 10.4. The molecule has 88 valence electrons. The standard InChI is InChI=1S/C13H20N2O/c1-10-2-5-12(16-10)8-15-7-6-14-13(9-15)11-3-4-11/h2,5,11,13-14H,3-4,6-9H2,1H3. The van der Waals surface area contributed by atoms with E-state index in [0.29, 0.717) is 0 Å². The summed E-state index contributed by atoms with van der Waals surface area (Å²) in [5.41, 5.74) is 0. The van der Waals surface area contributed by atoms with Crippen molar-refractivity contribution in [2.24, 2.45) is 5.92 Å². The van der Waals surface area contributed by atoms with Gasteiger partial charge < -0.3 is 9.73 Å². The molecule has 1 N–H and O–H groups in total. The van der Waals surface area contributed by atoms with Crippen molar-refractivity contribution >= 4 is 0 Å². The first-order chi connectivity index (χ1) is 7.81. The number of piperazine rings is 1. The van der Waals surface area contributed by atoms with Gasteiger partial charge in [-0.15, -0.1) is 0 Å². The Morgan fingerprint density at radius 3 is 3.00 bits per heavy atom. The van der Waals surface area contributed by atoms with Crippen molar-refractivity contribution in [3.63, 3.8) is 0 Å². The van der Waals surface area contributed by atoms with Gasteiger partial charge in [-0.1, -0.05) is 0 Å². The Kier molecular flexibility index (Phi) is 2.74. The summed E-state index contributed by atoms with van der Waals surface area (Å²) >= 11 is 0. The maximum atomic E-state index is 5.64. The van der Waals surface area contributed by atoms with Crippen LogP contribution in [0.1, 0.15) is 24.4 Å². The minimum atomic E-state index is 0.727. The molecule has 1 aromatic heterocycles. The van der Waals surface area contributed by atoms with Crippen LogP contribution < -0.4 is 5.32 Å². The van der Waals surface area contributed by atoms with Crippen molar-refractivity contribution in [2.45, 2.75) is 32.4 Å². The van der Waals surface area contributed by atoms with Gasteiger partial charge in [-0.3, -0.25) is 4.90 Å². The second-order valence-electron chi connectivity index (χ2n) is 5.15. The largest absolute Gasteiger partial charge is 0.465 e. The molecule has 1 aliphatic heterocycles. The maximum Gasteiger partial charge on any atom is 0.118 e. The minimum Gasteiger partial charge on any atom is -0.465 e. The van der Waals surface area contributed by atoms with Crippen LogP contribution in [-0.2, 0) is 6.54 Å². The second kappa shape index (κ2) is 4.22. The van der Waals surface area contributed by atoms with Crippen LogP contribution in [0.4, 0.5) is 0 Å². The number of hydrogen-bond donors (Lipinski definition) is 1. The molecule has 2 aliphatic rings. The third-order valence-corrected chi connectivity index (χ3v) is 3.66. The molecule has 0 radical (unpaired) electrons. The van der Waals surface area contributed by atoms with Crippen molar-refractivity contribution in [1.29, 1.82) is 0 Å². The molecule has 1 aliphatic carbocycles. The molecule has 3 nitrogen and oxygen atoms in total. The van der Waals surface area contributed by atoms with E-state index in [1.54, 1.807) is 0 Å². The molecular formula is C13H20N2O. The number of nitrogens with one attached hydrogen (secondary N) is 1. The summed E-state index contributed by atoms with van der Waals surface area (Å²) in [7, 11) is 0. The molecule has 0 bridgehead atoms. The van der Waals surface area contributed by atoms with Crippen molar-refractivity contribution in [1.82, 2.24) is 10.2 Å². The highest BCUT2D eigenvalue weighted by atomic mass is 16.3. The van der Waals surface area contributed by atoms with Gasteiger partial charge in [0.25, 0.3) is 0 Å². The van der Waals surface area contributed by atoms with Crippen LogP contribution in [-0.4, -0.2) is 30.6 Å². The molecule has 2 fully saturated rings. The fourth-order valence-electron chi connectivity index (χ4n) is 2.59. The van der Waals surface area contributed by atoms with E-state index in [2.05, 4.69) is 22.3 Å². The van der Waals surface area contributed by atoms with E-state index in [1.165, 1.54) is 19.4 Å². The molecule has 1 saturated carbocycles. The van der Waals surface area contributed by atoms with Gasteiger partial charge in [-0.05, 0) is 37.8 Å². The Hall–Kier alpha value is -0.800. The van der Waals surface area contributed by atoms with Gasteiger partial charge in [0.05, 0.1) is 6.54 Å². The van der Waals surface area contributed by atoms with Crippen LogP contribution >= 0.6 is 0 Å². The normalized spacial score (nSPS) is 27.2. The first-order valence-electron chi connectivity index (χ1n) is 6.32. The smallest absolute Gasteiger partial charge is 0.118 e. The van der Waals surface area contributed by atoms with Crippen LogP contribution in [0, 0.1) is 12.8 Å². The SMILES string of the molecule is Cc1ccc(CN2CCNC(C3CC3)C2)o1. The van der Waals surface area contributed by atoms with Gasteiger partial charge >= 0.3 is 0 Å². The summed E-state index contributed by atoms with van der Waals surface area (Å²) in [6.07, 6.45) is 2.84. The van der Waals surface area contributed by atoms with E-state index in [0.717, 1.165) is 43.1 Å². The predicted octanol–water partition coefficient (Wildman–Crippen LogP) is 1.77. The lowest BCUT2D eigenvalue weighted by Gasteiger charge is -2.33. The molecule has 16 heavy (non-hydrogen) atoms. The minimum absolute atomic E-state index is 0.727. The Balaban J connectivity index is 1.57. The van der Waals surface area contributed by atoms with Crippen LogP contribution in [0.3, 0.4) is 0 Å². The van der Waals surface area contributed by atoms with Gasteiger partial charge in [-0.2, -0.15) is 0 Å². The summed E-state index contributed by atoms with van der Waals surface area (Å²) in [6.45, 7) is 6.43. The lowest BCUT2D eigenvalue weighted by molar-refractivity contribution is 0.170. The number of hydrogen-bond acceptors (Lipinski definition) is 3. The van der Waals surface area contributed by atoms with Crippen LogP contribution in [0.25, 0.3) is 0 Å². The van der Waals surface area contributed by atoms with Crippen molar-refractivity contribution in [3.05, 3.63) is 23.7 Å². The number of furan rings is 1. The number of rotatable bonds is 3. The summed E-state index contributed by atoms with van der Waals surface area (Å²) < 4.78 is 5.64. The van der Waals surface area contributed by atoms with Crippen molar-refractivity contribution < 1.29 is 4.42 Å². The molecule has 0 spiro atoms. The zero-order chi connectivity index (χ0) is 11.0. The van der Waals surface area contributed by atoms with Crippen LogP contribution in [0.15, 0.2) is 16.5 Å². The zero-order valence-corrected chi connectivity index (χ0v) is 9.91. The summed E-state index contributed by atoms with van der Waals surface area (Å²) in [5.74, 6) is 3.07. The topological polar surface area (TPSA) is 28.4 Å². The Morgan fingerprint density at radius 1 is 1.44 bits per heavy atom. The Labute approximate surface area is 96.8 Å². The first-order valence-corrected chi connectivity index (χ1v) is 6.32. The monoisotopic (exact) mass is 220 g/mol. The van der Waals surface area contributed by atoms with E-state index in [1.807, 2.05) is 6.92 Å². The number of nitrogens with zero attached hydrogens (tertiary/aromatic N) is 1. The van der Waals surface area contributed by atoms with Crippen molar-refractivity contribution in [3.8, 4) is 0 Å². The van der Waals surface area contributed by atoms with E-state index < -0.39 is 0 Å². The van der Waals surface area contributed by atoms with E-state index >= 15 is 0 Å². The molecule has 0 aromatic carbocycles. The van der Waals surface area contributed by atoms with E-state index in [9.17, 15) is 0 Å². The molecule has 1 atom stereocenters.